The molecule has 2 aromatic rings. The SMILES string of the molecule is O=C(COC(=O)c1ccnc(Cl)c1)NCc1ccc(Cl)cc1. The van der Waals surface area contributed by atoms with Crippen molar-refractivity contribution in [2.75, 3.05) is 6.61 Å². The minimum absolute atomic E-state index is 0.182. The summed E-state index contributed by atoms with van der Waals surface area (Å²) in [5.41, 5.74) is 1.13. The smallest absolute Gasteiger partial charge is 0.338 e. The molecule has 0 unspecified atom stereocenters. The van der Waals surface area contributed by atoms with Gasteiger partial charge in [-0.1, -0.05) is 35.3 Å². The van der Waals surface area contributed by atoms with Gasteiger partial charge in [0, 0.05) is 17.8 Å². The maximum Gasteiger partial charge on any atom is 0.338 e. The zero-order valence-electron chi connectivity index (χ0n) is 11.4. The van der Waals surface area contributed by atoms with E-state index >= 15 is 0 Å². The summed E-state index contributed by atoms with van der Waals surface area (Å²) < 4.78 is 4.89. The van der Waals surface area contributed by atoms with Crippen molar-refractivity contribution in [3.63, 3.8) is 0 Å². The Balaban J connectivity index is 1.78. The van der Waals surface area contributed by atoms with E-state index in [-0.39, 0.29) is 17.3 Å². The molecule has 5 nitrogen and oxygen atoms in total. The molecule has 0 aliphatic heterocycles. The van der Waals surface area contributed by atoms with Crippen molar-refractivity contribution in [3.05, 3.63) is 63.9 Å². The van der Waals surface area contributed by atoms with Crippen molar-refractivity contribution in [2.24, 2.45) is 0 Å². The lowest BCUT2D eigenvalue weighted by Gasteiger charge is -2.07. The number of pyridine rings is 1. The van der Waals surface area contributed by atoms with E-state index in [4.69, 9.17) is 27.9 Å². The zero-order chi connectivity index (χ0) is 15.9. The van der Waals surface area contributed by atoms with Crippen molar-refractivity contribution >= 4 is 35.1 Å². The van der Waals surface area contributed by atoms with Gasteiger partial charge in [-0.05, 0) is 29.8 Å². The van der Waals surface area contributed by atoms with E-state index in [0.717, 1.165) is 5.56 Å². The molecule has 1 aromatic heterocycles. The number of amides is 1. The van der Waals surface area contributed by atoms with Gasteiger partial charge >= 0.3 is 5.97 Å². The molecular weight excluding hydrogens is 327 g/mol. The molecular formula is C15H12Cl2N2O3. The van der Waals surface area contributed by atoms with Gasteiger partial charge in [0.25, 0.3) is 5.91 Å². The summed E-state index contributed by atoms with van der Waals surface area (Å²) in [4.78, 5) is 27.1. The number of nitrogens with one attached hydrogen (secondary N) is 1. The number of hydrogen-bond donors (Lipinski definition) is 1. The van der Waals surface area contributed by atoms with Gasteiger partial charge in [0.2, 0.25) is 0 Å². The Morgan fingerprint density at radius 3 is 2.55 bits per heavy atom. The molecule has 1 heterocycles. The summed E-state index contributed by atoms with van der Waals surface area (Å²) in [6.07, 6.45) is 1.39. The molecule has 1 aromatic carbocycles. The molecule has 0 bridgehead atoms. The van der Waals surface area contributed by atoms with Crippen molar-refractivity contribution < 1.29 is 14.3 Å². The standard InChI is InChI=1S/C15H12Cl2N2O3/c16-12-3-1-10(2-4-12)8-19-14(20)9-22-15(21)11-5-6-18-13(17)7-11/h1-7H,8-9H2,(H,19,20). The van der Waals surface area contributed by atoms with E-state index < -0.39 is 11.9 Å². The van der Waals surface area contributed by atoms with E-state index in [1.165, 1.54) is 18.3 Å². The zero-order valence-corrected chi connectivity index (χ0v) is 12.9. The number of nitrogens with zero attached hydrogens (tertiary/aromatic N) is 1. The van der Waals surface area contributed by atoms with Crippen molar-refractivity contribution in [2.45, 2.75) is 6.54 Å². The van der Waals surface area contributed by atoms with Crippen molar-refractivity contribution in [1.29, 1.82) is 0 Å². The van der Waals surface area contributed by atoms with Gasteiger partial charge < -0.3 is 10.1 Å². The molecule has 0 aliphatic rings. The van der Waals surface area contributed by atoms with Gasteiger partial charge in [-0.2, -0.15) is 0 Å². The van der Waals surface area contributed by atoms with Crippen molar-refractivity contribution in [3.8, 4) is 0 Å². The number of esters is 1. The molecule has 114 valence electrons. The third-order valence-electron chi connectivity index (χ3n) is 2.70. The van der Waals surface area contributed by atoms with Gasteiger partial charge in [-0.15, -0.1) is 0 Å². The van der Waals surface area contributed by atoms with Crippen LogP contribution < -0.4 is 5.32 Å². The largest absolute Gasteiger partial charge is 0.452 e. The third-order valence-corrected chi connectivity index (χ3v) is 3.16. The number of ether oxygens (including phenoxy) is 1. The molecule has 0 radical (unpaired) electrons. The maximum atomic E-state index is 11.7. The Bertz CT molecular complexity index is 675. The summed E-state index contributed by atoms with van der Waals surface area (Å²) >= 11 is 11.4. The molecule has 1 N–H and O–H groups in total. The maximum absolute atomic E-state index is 11.7. The second kappa shape index (κ2) is 7.77. The first-order valence-corrected chi connectivity index (χ1v) is 7.10. The summed E-state index contributed by atoms with van der Waals surface area (Å²) in [5.74, 6) is -1.03. The highest BCUT2D eigenvalue weighted by Crippen LogP contribution is 2.09. The second-order valence-corrected chi connectivity index (χ2v) is 5.17. The number of carbonyl (C=O) groups is 2. The van der Waals surface area contributed by atoms with E-state index in [2.05, 4.69) is 10.3 Å². The van der Waals surface area contributed by atoms with Crippen LogP contribution in [0.25, 0.3) is 0 Å². The normalized spacial score (nSPS) is 10.1. The predicted octanol–water partition coefficient (Wildman–Crippen LogP) is 2.86. The fourth-order valence-corrected chi connectivity index (χ4v) is 1.90. The number of benzene rings is 1. The monoisotopic (exact) mass is 338 g/mol. The van der Waals surface area contributed by atoms with Gasteiger partial charge in [-0.25, -0.2) is 9.78 Å². The van der Waals surface area contributed by atoms with Crippen LogP contribution in [0.3, 0.4) is 0 Å². The average Bonchev–Trinajstić information content (AvgIpc) is 2.52. The molecule has 0 saturated heterocycles. The van der Waals surface area contributed by atoms with E-state index in [1.807, 2.05) is 0 Å². The molecule has 1 amide bonds. The predicted molar refractivity (Wildman–Crippen MR) is 82.8 cm³/mol. The second-order valence-electron chi connectivity index (χ2n) is 4.35. The molecule has 0 atom stereocenters. The highest BCUT2D eigenvalue weighted by atomic mass is 35.5. The Morgan fingerprint density at radius 1 is 1.14 bits per heavy atom. The first kappa shape index (κ1) is 16.3. The van der Waals surface area contributed by atoms with E-state index in [1.54, 1.807) is 24.3 Å². The molecule has 2 rings (SSSR count). The summed E-state index contributed by atoms with van der Waals surface area (Å²) in [5, 5.41) is 3.45. The van der Waals surface area contributed by atoms with E-state index in [0.29, 0.717) is 11.6 Å². The Kier molecular flexibility index (Phi) is 5.75. The van der Waals surface area contributed by atoms with Gasteiger partial charge in [-0.3, -0.25) is 4.79 Å². The average molecular weight is 339 g/mol. The number of rotatable bonds is 5. The van der Waals surface area contributed by atoms with Crippen molar-refractivity contribution in [1.82, 2.24) is 10.3 Å². The minimum atomic E-state index is -0.633. The minimum Gasteiger partial charge on any atom is -0.452 e. The van der Waals surface area contributed by atoms with Crippen LogP contribution in [0.4, 0.5) is 0 Å². The third kappa shape index (κ3) is 5.02. The van der Waals surface area contributed by atoms with Crippen LogP contribution in [0.1, 0.15) is 15.9 Å². The number of aromatic nitrogens is 1. The molecule has 0 spiro atoms. The fraction of sp³-hybridized carbons (Fsp3) is 0.133. The fourth-order valence-electron chi connectivity index (χ4n) is 1.60. The Morgan fingerprint density at radius 2 is 1.86 bits per heavy atom. The Labute approximate surface area is 137 Å². The lowest BCUT2D eigenvalue weighted by Crippen LogP contribution is -2.28. The molecule has 0 fully saturated rings. The van der Waals surface area contributed by atoms with Crippen LogP contribution in [0.2, 0.25) is 10.2 Å². The topological polar surface area (TPSA) is 68.3 Å². The Hall–Kier alpha value is -2.11. The quantitative estimate of drug-likeness (QED) is 0.672. The highest BCUT2D eigenvalue weighted by molar-refractivity contribution is 6.30. The van der Waals surface area contributed by atoms with Crippen LogP contribution in [0.15, 0.2) is 42.6 Å². The van der Waals surface area contributed by atoms with Crippen LogP contribution in [0.5, 0.6) is 0 Å². The first-order chi connectivity index (χ1) is 10.5. The van der Waals surface area contributed by atoms with Gasteiger partial charge in [0.1, 0.15) is 5.15 Å². The summed E-state index contributed by atoms with van der Waals surface area (Å²) in [6, 6.07) is 9.89. The van der Waals surface area contributed by atoms with E-state index in [9.17, 15) is 9.59 Å². The molecule has 0 saturated carbocycles. The van der Waals surface area contributed by atoms with Gasteiger partial charge in [0.15, 0.2) is 6.61 Å². The number of carbonyl (C=O) groups excluding carboxylic acids is 2. The van der Waals surface area contributed by atoms with Crippen LogP contribution in [-0.2, 0) is 16.1 Å². The van der Waals surface area contributed by atoms with Gasteiger partial charge in [0.05, 0.1) is 5.56 Å². The highest BCUT2D eigenvalue weighted by Gasteiger charge is 2.10. The number of hydrogen-bond acceptors (Lipinski definition) is 4. The molecule has 22 heavy (non-hydrogen) atoms. The molecule has 7 heteroatoms. The van der Waals surface area contributed by atoms with Crippen LogP contribution in [0, 0.1) is 0 Å². The van der Waals surface area contributed by atoms with Crippen LogP contribution >= 0.6 is 23.2 Å². The molecule has 0 aliphatic carbocycles. The summed E-state index contributed by atoms with van der Waals surface area (Å²) in [7, 11) is 0. The number of halogens is 2. The lowest BCUT2D eigenvalue weighted by atomic mass is 10.2. The lowest BCUT2D eigenvalue weighted by molar-refractivity contribution is -0.124. The first-order valence-electron chi connectivity index (χ1n) is 6.34. The van der Waals surface area contributed by atoms with Crippen LogP contribution in [-0.4, -0.2) is 23.5 Å². The summed E-state index contributed by atoms with van der Waals surface area (Å²) in [6.45, 7) is -0.0407.